The van der Waals surface area contributed by atoms with Gasteiger partial charge < -0.3 is 14.6 Å². The van der Waals surface area contributed by atoms with Gasteiger partial charge >= 0.3 is 0 Å². The predicted octanol–water partition coefficient (Wildman–Crippen LogP) is 5.43. The highest BCUT2D eigenvalue weighted by Crippen LogP contribution is 2.31. The van der Waals surface area contributed by atoms with Crippen molar-refractivity contribution in [1.82, 2.24) is 19.5 Å². The summed E-state index contributed by atoms with van der Waals surface area (Å²) < 4.78 is 21.9. The Morgan fingerprint density at radius 3 is 2.75 bits per heavy atom. The minimum absolute atomic E-state index is 0.307. The van der Waals surface area contributed by atoms with E-state index < -0.39 is 5.82 Å². The minimum atomic E-state index is -0.399. The summed E-state index contributed by atoms with van der Waals surface area (Å²) in [5, 5.41) is 3.22. The number of imidazole rings is 1. The van der Waals surface area contributed by atoms with E-state index in [1.165, 1.54) is 13.2 Å². The number of hydrogen-bond donors (Lipinski definition) is 1. The standard InChI is InChI=1S/C25H20FN5O/c1-32-23-11-5-8-19(26)24(23)21-12-13-27-25(30-21)29-18-7-4-6-17(14-18)15-31-16-28-20-9-2-3-10-22(20)31/h2-14,16H,15H2,1H3,(H,27,29,30). The van der Waals surface area contributed by atoms with Crippen LogP contribution >= 0.6 is 0 Å². The number of aromatic nitrogens is 4. The maximum atomic E-state index is 14.5. The van der Waals surface area contributed by atoms with Crippen molar-refractivity contribution in [3.8, 4) is 17.0 Å². The highest BCUT2D eigenvalue weighted by molar-refractivity contribution is 5.75. The summed E-state index contributed by atoms with van der Waals surface area (Å²) in [5.74, 6) is 0.394. The second-order valence-electron chi connectivity index (χ2n) is 7.27. The van der Waals surface area contributed by atoms with Crippen molar-refractivity contribution in [1.29, 1.82) is 0 Å². The van der Waals surface area contributed by atoms with E-state index in [1.54, 1.807) is 24.4 Å². The fourth-order valence-corrected chi connectivity index (χ4v) is 3.69. The molecular formula is C25H20FN5O. The molecule has 3 aromatic carbocycles. The first-order valence-corrected chi connectivity index (χ1v) is 10.1. The van der Waals surface area contributed by atoms with Crippen LogP contribution in [-0.4, -0.2) is 26.6 Å². The molecule has 0 saturated carbocycles. The Hall–Kier alpha value is -4.26. The van der Waals surface area contributed by atoms with E-state index >= 15 is 0 Å². The summed E-state index contributed by atoms with van der Waals surface area (Å²) in [6.45, 7) is 0.684. The third kappa shape index (κ3) is 3.88. The maximum absolute atomic E-state index is 14.5. The lowest BCUT2D eigenvalue weighted by molar-refractivity contribution is 0.413. The van der Waals surface area contributed by atoms with Gasteiger partial charge in [-0.2, -0.15) is 0 Å². The largest absolute Gasteiger partial charge is 0.496 e. The van der Waals surface area contributed by atoms with E-state index in [0.717, 1.165) is 22.3 Å². The summed E-state index contributed by atoms with van der Waals surface area (Å²) in [6, 6.07) is 22.4. The molecule has 0 radical (unpaired) electrons. The second-order valence-corrected chi connectivity index (χ2v) is 7.27. The van der Waals surface area contributed by atoms with Gasteiger partial charge in [0.25, 0.3) is 0 Å². The normalized spacial score (nSPS) is 10.9. The highest BCUT2D eigenvalue weighted by Gasteiger charge is 2.14. The fourth-order valence-electron chi connectivity index (χ4n) is 3.69. The highest BCUT2D eigenvalue weighted by atomic mass is 19.1. The Morgan fingerprint density at radius 1 is 0.969 bits per heavy atom. The number of nitrogens with one attached hydrogen (secondary N) is 1. The molecule has 0 saturated heterocycles. The van der Waals surface area contributed by atoms with Gasteiger partial charge in [0, 0.05) is 18.4 Å². The molecule has 0 fully saturated rings. The summed E-state index contributed by atoms with van der Waals surface area (Å²) in [6.07, 6.45) is 3.44. The van der Waals surface area contributed by atoms with Crippen LogP contribution in [0.15, 0.2) is 85.3 Å². The Balaban J connectivity index is 1.40. The number of para-hydroxylation sites is 2. The maximum Gasteiger partial charge on any atom is 0.227 e. The predicted molar refractivity (Wildman–Crippen MR) is 123 cm³/mol. The molecule has 0 bridgehead atoms. The molecule has 6 nitrogen and oxygen atoms in total. The van der Waals surface area contributed by atoms with Crippen molar-refractivity contribution >= 4 is 22.7 Å². The van der Waals surface area contributed by atoms with Crippen molar-refractivity contribution in [2.45, 2.75) is 6.54 Å². The van der Waals surface area contributed by atoms with Gasteiger partial charge in [-0.05, 0) is 48.0 Å². The number of ether oxygens (including phenoxy) is 1. The third-order valence-corrected chi connectivity index (χ3v) is 5.17. The first-order chi connectivity index (χ1) is 15.7. The third-order valence-electron chi connectivity index (χ3n) is 5.17. The van der Waals surface area contributed by atoms with Crippen molar-refractivity contribution in [3.05, 3.63) is 96.7 Å². The monoisotopic (exact) mass is 425 g/mol. The quantitative estimate of drug-likeness (QED) is 0.393. The summed E-state index contributed by atoms with van der Waals surface area (Å²) in [4.78, 5) is 13.2. The van der Waals surface area contributed by atoms with Crippen LogP contribution in [0.1, 0.15) is 5.56 Å². The summed E-state index contributed by atoms with van der Waals surface area (Å²) >= 11 is 0. The lowest BCUT2D eigenvalue weighted by Crippen LogP contribution is -2.01. The Kier molecular flexibility index (Phi) is 5.21. The van der Waals surface area contributed by atoms with Crippen LogP contribution in [0.3, 0.4) is 0 Å². The lowest BCUT2D eigenvalue weighted by atomic mass is 10.1. The topological polar surface area (TPSA) is 64.9 Å². The molecule has 1 N–H and O–H groups in total. The Bertz CT molecular complexity index is 1400. The fraction of sp³-hybridized carbons (Fsp3) is 0.0800. The van der Waals surface area contributed by atoms with Gasteiger partial charge in [-0.25, -0.2) is 19.3 Å². The van der Waals surface area contributed by atoms with Crippen LogP contribution in [0.4, 0.5) is 16.0 Å². The van der Waals surface area contributed by atoms with Gasteiger partial charge in [0.1, 0.15) is 11.6 Å². The molecular weight excluding hydrogens is 405 g/mol. The molecule has 2 aromatic heterocycles. The number of hydrogen-bond acceptors (Lipinski definition) is 5. The van der Waals surface area contributed by atoms with Gasteiger partial charge in [-0.3, -0.25) is 0 Å². The molecule has 0 aliphatic rings. The number of fused-ring (bicyclic) bond motifs is 1. The first-order valence-electron chi connectivity index (χ1n) is 10.1. The average molecular weight is 425 g/mol. The lowest BCUT2D eigenvalue weighted by Gasteiger charge is -2.11. The Labute approximate surface area is 184 Å². The molecule has 0 unspecified atom stereocenters. The number of halogens is 1. The molecule has 0 aliphatic heterocycles. The van der Waals surface area contributed by atoms with E-state index in [4.69, 9.17) is 4.74 Å². The van der Waals surface area contributed by atoms with Gasteiger partial charge in [-0.1, -0.05) is 30.3 Å². The van der Waals surface area contributed by atoms with E-state index in [2.05, 4.69) is 37.0 Å². The number of nitrogens with zero attached hydrogens (tertiary/aromatic N) is 4. The molecule has 2 heterocycles. The van der Waals surface area contributed by atoms with E-state index in [1.807, 2.05) is 42.7 Å². The second kappa shape index (κ2) is 8.47. The molecule has 0 aliphatic carbocycles. The zero-order valence-electron chi connectivity index (χ0n) is 17.4. The van der Waals surface area contributed by atoms with Crippen LogP contribution in [0.2, 0.25) is 0 Å². The molecule has 0 amide bonds. The van der Waals surface area contributed by atoms with Gasteiger partial charge in [0.2, 0.25) is 5.95 Å². The van der Waals surface area contributed by atoms with Gasteiger partial charge in [0.05, 0.1) is 35.7 Å². The van der Waals surface area contributed by atoms with Crippen LogP contribution in [0.5, 0.6) is 5.75 Å². The minimum Gasteiger partial charge on any atom is -0.496 e. The van der Waals surface area contributed by atoms with Crippen molar-refractivity contribution in [2.24, 2.45) is 0 Å². The number of benzene rings is 3. The van der Waals surface area contributed by atoms with Crippen molar-refractivity contribution in [3.63, 3.8) is 0 Å². The van der Waals surface area contributed by atoms with E-state index in [-0.39, 0.29) is 0 Å². The SMILES string of the molecule is COc1cccc(F)c1-c1ccnc(Nc2cccc(Cn3cnc4ccccc43)c2)n1. The van der Waals surface area contributed by atoms with Gasteiger partial charge in [0.15, 0.2) is 0 Å². The van der Waals surface area contributed by atoms with E-state index in [9.17, 15) is 4.39 Å². The van der Waals surface area contributed by atoms with Crippen molar-refractivity contribution < 1.29 is 9.13 Å². The van der Waals surface area contributed by atoms with Crippen LogP contribution < -0.4 is 10.1 Å². The molecule has 5 rings (SSSR count). The molecule has 0 spiro atoms. The zero-order chi connectivity index (χ0) is 21.9. The van der Waals surface area contributed by atoms with Crippen LogP contribution in [0.25, 0.3) is 22.3 Å². The average Bonchev–Trinajstić information content (AvgIpc) is 3.22. The van der Waals surface area contributed by atoms with Crippen LogP contribution in [-0.2, 0) is 6.54 Å². The Morgan fingerprint density at radius 2 is 1.84 bits per heavy atom. The molecule has 0 atom stereocenters. The van der Waals surface area contributed by atoms with E-state index in [0.29, 0.717) is 29.5 Å². The van der Waals surface area contributed by atoms with Gasteiger partial charge in [-0.15, -0.1) is 0 Å². The zero-order valence-corrected chi connectivity index (χ0v) is 17.4. The number of anilines is 2. The van der Waals surface area contributed by atoms with Crippen molar-refractivity contribution in [2.75, 3.05) is 12.4 Å². The number of rotatable bonds is 6. The number of methoxy groups -OCH3 is 1. The molecule has 32 heavy (non-hydrogen) atoms. The molecule has 5 aromatic rings. The van der Waals surface area contributed by atoms with Crippen LogP contribution in [0, 0.1) is 5.82 Å². The first kappa shape index (κ1) is 19.7. The molecule has 158 valence electrons. The summed E-state index contributed by atoms with van der Waals surface area (Å²) in [7, 11) is 1.51. The summed E-state index contributed by atoms with van der Waals surface area (Å²) in [5.41, 5.74) is 4.74. The smallest absolute Gasteiger partial charge is 0.227 e. The molecule has 7 heteroatoms.